The van der Waals surface area contributed by atoms with Crippen LogP contribution in [0.4, 0.5) is 0 Å². The van der Waals surface area contributed by atoms with Crippen LogP contribution in [0.2, 0.25) is 0 Å². The van der Waals surface area contributed by atoms with Crippen molar-refractivity contribution in [3.8, 4) is 5.75 Å². The van der Waals surface area contributed by atoms with Gasteiger partial charge in [-0.05, 0) is 32.9 Å². The molecular weight excluding hydrogens is 254 g/mol. The molecule has 0 bridgehead atoms. The number of carbonyl (C=O) groups is 1. The van der Waals surface area contributed by atoms with Gasteiger partial charge in [0.15, 0.2) is 5.76 Å². The third-order valence-electron chi connectivity index (χ3n) is 3.27. The summed E-state index contributed by atoms with van der Waals surface area (Å²) in [5.41, 5.74) is 2.90. The van der Waals surface area contributed by atoms with E-state index in [0.717, 1.165) is 22.4 Å². The van der Waals surface area contributed by atoms with E-state index in [1.807, 2.05) is 39.0 Å². The number of methoxy groups -OCH3 is 1. The molecule has 0 aliphatic heterocycles. The average Bonchev–Trinajstić information content (AvgIpc) is 2.85. The molecule has 20 heavy (non-hydrogen) atoms. The molecule has 1 atom stereocenters. The van der Waals surface area contributed by atoms with Crippen LogP contribution >= 0.6 is 0 Å². The van der Waals surface area contributed by atoms with E-state index in [-0.39, 0.29) is 11.9 Å². The highest BCUT2D eigenvalue weighted by molar-refractivity contribution is 5.93. The van der Waals surface area contributed by atoms with E-state index in [4.69, 9.17) is 9.15 Å². The number of nitrogens with one attached hydrogen (secondary N) is 1. The summed E-state index contributed by atoms with van der Waals surface area (Å²) in [7, 11) is 1.62. The Morgan fingerprint density at radius 2 is 2.05 bits per heavy atom. The van der Waals surface area contributed by atoms with E-state index in [1.54, 1.807) is 13.2 Å². The molecule has 0 fully saturated rings. The summed E-state index contributed by atoms with van der Waals surface area (Å²) >= 11 is 0. The Labute approximate surface area is 118 Å². The third kappa shape index (κ3) is 2.85. The molecule has 1 aromatic heterocycles. The van der Waals surface area contributed by atoms with Gasteiger partial charge in [0.1, 0.15) is 5.75 Å². The van der Waals surface area contributed by atoms with Crippen LogP contribution in [0.1, 0.15) is 40.2 Å². The Morgan fingerprint density at radius 3 is 2.65 bits per heavy atom. The molecule has 0 saturated heterocycles. The Hall–Kier alpha value is -2.23. The van der Waals surface area contributed by atoms with E-state index in [1.165, 1.54) is 6.26 Å². The molecule has 1 heterocycles. The molecule has 106 valence electrons. The van der Waals surface area contributed by atoms with Crippen LogP contribution in [0, 0.1) is 13.8 Å². The van der Waals surface area contributed by atoms with Gasteiger partial charge in [-0.2, -0.15) is 0 Å². The molecule has 0 saturated carbocycles. The van der Waals surface area contributed by atoms with Gasteiger partial charge < -0.3 is 14.5 Å². The second kappa shape index (κ2) is 5.82. The number of ether oxygens (including phenoxy) is 1. The zero-order valence-corrected chi connectivity index (χ0v) is 12.2. The lowest BCUT2D eigenvalue weighted by atomic mass is 10.0. The van der Waals surface area contributed by atoms with Crippen LogP contribution < -0.4 is 10.1 Å². The molecule has 2 aromatic rings. The first kappa shape index (κ1) is 14.2. The first-order chi connectivity index (χ1) is 9.52. The lowest BCUT2D eigenvalue weighted by Gasteiger charge is -2.17. The van der Waals surface area contributed by atoms with Gasteiger partial charge >= 0.3 is 0 Å². The SMILES string of the molecule is COc1ccc(C)cc1[C@@H](C)NC(=O)c1occc1C. The first-order valence-corrected chi connectivity index (χ1v) is 6.52. The third-order valence-corrected chi connectivity index (χ3v) is 3.27. The summed E-state index contributed by atoms with van der Waals surface area (Å²) < 4.78 is 10.5. The van der Waals surface area contributed by atoms with Crippen LogP contribution in [0.15, 0.2) is 34.9 Å². The highest BCUT2D eigenvalue weighted by atomic mass is 16.5. The number of benzene rings is 1. The van der Waals surface area contributed by atoms with E-state index in [0.29, 0.717) is 5.76 Å². The van der Waals surface area contributed by atoms with Crippen LogP contribution in [0.25, 0.3) is 0 Å². The number of hydrogen-bond acceptors (Lipinski definition) is 3. The monoisotopic (exact) mass is 273 g/mol. The number of aryl methyl sites for hydroxylation is 2. The summed E-state index contributed by atoms with van der Waals surface area (Å²) in [5, 5.41) is 2.93. The second-order valence-electron chi connectivity index (χ2n) is 4.87. The number of amides is 1. The maximum atomic E-state index is 12.1. The molecule has 1 N–H and O–H groups in total. The minimum absolute atomic E-state index is 0.165. The van der Waals surface area contributed by atoms with Crippen LogP contribution in [0.3, 0.4) is 0 Å². The minimum atomic E-state index is -0.219. The van der Waals surface area contributed by atoms with E-state index in [9.17, 15) is 4.79 Å². The summed E-state index contributed by atoms with van der Waals surface area (Å²) in [6.45, 7) is 5.78. The Balaban J connectivity index is 2.20. The van der Waals surface area contributed by atoms with Crippen molar-refractivity contribution in [2.75, 3.05) is 7.11 Å². The molecule has 1 amide bonds. The maximum absolute atomic E-state index is 12.1. The van der Waals surface area contributed by atoms with Crippen LogP contribution in [-0.2, 0) is 0 Å². The van der Waals surface area contributed by atoms with Crippen molar-refractivity contribution in [2.24, 2.45) is 0 Å². The topological polar surface area (TPSA) is 51.5 Å². The summed E-state index contributed by atoms with van der Waals surface area (Å²) in [6.07, 6.45) is 1.52. The van der Waals surface area contributed by atoms with Gasteiger partial charge in [-0.1, -0.05) is 17.7 Å². The zero-order chi connectivity index (χ0) is 14.7. The molecule has 0 spiro atoms. The van der Waals surface area contributed by atoms with E-state index in [2.05, 4.69) is 5.32 Å². The van der Waals surface area contributed by atoms with E-state index < -0.39 is 0 Å². The van der Waals surface area contributed by atoms with Crippen molar-refractivity contribution in [2.45, 2.75) is 26.8 Å². The van der Waals surface area contributed by atoms with Gasteiger partial charge in [0.05, 0.1) is 19.4 Å². The number of furan rings is 1. The van der Waals surface area contributed by atoms with Gasteiger partial charge in [0.2, 0.25) is 0 Å². The Kier molecular flexibility index (Phi) is 4.13. The van der Waals surface area contributed by atoms with Gasteiger partial charge in [-0.25, -0.2) is 0 Å². The maximum Gasteiger partial charge on any atom is 0.287 e. The predicted octanol–water partition coefficient (Wildman–Crippen LogP) is 3.40. The van der Waals surface area contributed by atoms with Crippen molar-refractivity contribution >= 4 is 5.91 Å². The molecule has 0 radical (unpaired) electrons. The van der Waals surface area contributed by atoms with Crippen molar-refractivity contribution in [1.82, 2.24) is 5.32 Å². The van der Waals surface area contributed by atoms with Crippen molar-refractivity contribution in [3.05, 3.63) is 53.0 Å². The highest BCUT2D eigenvalue weighted by Crippen LogP contribution is 2.26. The summed E-state index contributed by atoms with van der Waals surface area (Å²) in [5.74, 6) is 0.895. The largest absolute Gasteiger partial charge is 0.496 e. The fourth-order valence-corrected chi connectivity index (χ4v) is 2.14. The van der Waals surface area contributed by atoms with Gasteiger partial charge in [0.25, 0.3) is 5.91 Å². The van der Waals surface area contributed by atoms with Gasteiger partial charge in [-0.3, -0.25) is 4.79 Å². The van der Waals surface area contributed by atoms with Gasteiger partial charge in [0, 0.05) is 11.1 Å². The lowest BCUT2D eigenvalue weighted by molar-refractivity contribution is 0.0910. The van der Waals surface area contributed by atoms with Gasteiger partial charge in [-0.15, -0.1) is 0 Å². The summed E-state index contributed by atoms with van der Waals surface area (Å²) in [4.78, 5) is 12.1. The highest BCUT2D eigenvalue weighted by Gasteiger charge is 2.18. The smallest absolute Gasteiger partial charge is 0.287 e. The quantitative estimate of drug-likeness (QED) is 0.929. The van der Waals surface area contributed by atoms with Crippen molar-refractivity contribution in [1.29, 1.82) is 0 Å². The van der Waals surface area contributed by atoms with Crippen LogP contribution in [0.5, 0.6) is 5.75 Å². The first-order valence-electron chi connectivity index (χ1n) is 6.52. The molecule has 0 unspecified atom stereocenters. The molecule has 0 aliphatic carbocycles. The van der Waals surface area contributed by atoms with E-state index >= 15 is 0 Å². The normalized spacial score (nSPS) is 12.0. The fraction of sp³-hybridized carbons (Fsp3) is 0.312. The number of carbonyl (C=O) groups excluding carboxylic acids is 1. The summed E-state index contributed by atoms with van der Waals surface area (Å²) in [6, 6.07) is 7.51. The molecule has 0 aliphatic rings. The molecule has 4 heteroatoms. The Bertz CT molecular complexity index is 616. The molecule has 4 nitrogen and oxygen atoms in total. The minimum Gasteiger partial charge on any atom is -0.496 e. The molecule has 2 rings (SSSR count). The van der Waals surface area contributed by atoms with Crippen molar-refractivity contribution < 1.29 is 13.9 Å². The number of hydrogen-bond donors (Lipinski definition) is 1. The zero-order valence-electron chi connectivity index (χ0n) is 12.2. The molecular formula is C16H19NO3. The Morgan fingerprint density at radius 1 is 1.30 bits per heavy atom. The van der Waals surface area contributed by atoms with Crippen LogP contribution in [-0.4, -0.2) is 13.0 Å². The molecule has 1 aromatic carbocycles. The predicted molar refractivity (Wildman–Crippen MR) is 77.1 cm³/mol. The fourth-order valence-electron chi connectivity index (χ4n) is 2.14. The number of rotatable bonds is 4. The lowest BCUT2D eigenvalue weighted by Crippen LogP contribution is -2.27. The second-order valence-corrected chi connectivity index (χ2v) is 4.87. The standard InChI is InChI=1S/C16H19NO3/c1-10-5-6-14(19-4)13(9-10)12(3)17-16(18)15-11(2)7-8-20-15/h5-9,12H,1-4H3,(H,17,18)/t12-/m1/s1. The average molecular weight is 273 g/mol. The van der Waals surface area contributed by atoms with Crippen molar-refractivity contribution in [3.63, 3.8) is 0 Å².